The van der Waals surface area contributed by atoms with Crippen LogP contribution < -0.4 is 9.64 Å². The lowest BCUT2D eigenvalue weighted by atomic mass is 10.0. The van der Waals surface area contributed by atoms with Crippen molar-refractivity contribution in [1.29, 1.82) is 0 Å². The zero-order valence-corrected chi connectivity index (χ0v) is 19.4. The van der Waals surface area contributed by atoms with E-state index in [0.717, 1.165) is 22.6 Å². The van der Waals surface area contributed by atoms with Crippen molar-refractivity contribution >= 4 is 23.6 Å². The summed E-state index contributed by atoms with van der Waals surface area (Å²) in [5.41, 5.74) is 5.60. The summed E-state index contributed by atoms with van der Waals surface area (Å²) < 4.78 is 12.5. The van der Waals surface area contributed by atoms with Crippen molar-refractivity contribution in [3.05, 3.63) is 94.5 Å². The summed E-state index contributed by atoms with van der Waals surface area (Å²) in [5, 5.41) is 0. The summed E-state index contributed by atoms with van der Waals surface area (Å²) in [6, 6.07) is 19.2. The highest BCUT2D eigenvalue weighted by Gasteiger charge is 2.38. The highest BCUT2D eigenvalue weighted by molar-refractivity contribution is 6.23. The maximum absolute atomic E-state index is 13.6. The number of hydrogen-bond donors (Lipinski definition) is 0. The Kier molecular flexibility index (Phi) is 5.92. The Morgan fingerprint density at radius 2 is 1.61 bits per heavy atom. The molecule has 0 N–H and O–H groups in total. The van der Waals surface area contributed by atoms with Crippen LogP contribution in [-0.4, -0.2) is 30.7 Å². The van der Waals surface area contributed by atoms with Crippen molar-refractivity contribution in [3.8, 4) is 11.4 Å². The maximum Gasteiger partial charge on any atom is 0.340 e. The first-order valence-corrected chi connectivity index (χ1v) is 10.6. The number of carbonyl (C=O) groups excluding carboxylic acids is 2. The van der Waals surface area contributed by atoms with Crippen LogP contribution in [-0.2, 0) is 14.3 Å². The first-order valence-electron chi connectivity index (χ1n) is 10.6. The van der Waals surface area contributed by atoms with Gasteiger partial charge in [-0.2, -0.15) is 0 Å². The fourth-order valence-corrected chi connectivity index (χ4v) is 4.30. The number of ether oxygens (including phenoxy) is 2. The Labute approximate surface area is 193 Å². The van der Waals surface area contributed by atoms with Gasteiger partial charge in [-0.15, -0.1) is 0 Å². The van der Waals surface area contributed by atoms with Gasteiger partial charge >= 0.3 is 5.97 Å². The Hall–Kier alpha value is -4.06. The van der Waals surface area contributed by atoms with E-state index in [-0.39, 0.29) is 11.5 Å². The number of nitrogens with zero attached hydrogens (tertiary/aromatic N) is 2. The molecular weight excluding hydrogens is 416 g/mol. The number of esters is 1. The predicted octanol–water partition coefficient (Wildman–Crippen LogP) is 4.98. The summed E-state index contributed by atoms with van der Waals surface area (Å²) in [7, 11) is 2.89. The molecule has 4 rings (SSSR count). The van der Waals surface area contributed by atoms with Gasteiger partial charge in [-0.25, -0.2) is 4.79 Å². The maximum atomic E-state index is 13.6. The van der Waals surface area contributed by atoms with Crippen molar-refractivity contribution in [3.63, 3.8) is 0 Å². The van der Waals surface area contributed by atoms with Gasteiger partial charge in [-0.3, -0.25) is 9.69 Å². The van der Waals surface area contributed by atoms with E-state index in [0.29, 0.717) is 22.7 Å². The van der Waals surface area contributed by atoms with Crippen LogP contribution in [0.1, 0.15) is 23.9 Å². The number of aryl methyl sites for hydroxylation is 1. The van der Waals surface area contributed by atoms with Crippen molar-refractivity contribution in [2.45, 2.75) is 20.8 Å². The highest BCUT2D eigenvalue weighted by Crippen LogP contribution is 2.37. The predicted molar refractivity (Wildman–Crippen MR) is 128 cm³/mol. The first-order chi connectivity index (χ1) is 15.9. The molecule has 168 valence electrons. The molecule has 6 heteroatoms. The molecule has 2 heterocycles. The van der Waals surface area contributed by atoms with Crippen LogP contribution in [0.2, 0.25) is 0 Å². The highest BCUT2D eigenvalue weighted by atomic mass is 16.5. The Morgan fingerprint density at radius 3 is 2.27 bits per heavy atom. The van der Waals surface area contributed by atoms with Gasteiger partial charge in [0.15, 0.2) is 0 Å². The third-order valence-electron chi connectivity index (χ3n) is 5.89. The molecule has 3 aromatic rings. The molecule has 0 atom stereocenters. The number of allylic oxidation sites excluding steroid dienone is 1. The van der Waals surface area contributed by atoms with Crippen LogP contribution in [0.4, 0.5) is 5.69 Å². The lowest BCUT2D eigenvalue weighted by Gasteiger charge is -2.18. The van der Waals surface area contributed by atoms with Crippen LogP contribution in [0, 0.1) is 13.8 Å². The Balaban J connectivity index is 1.85. The summed E-state index contributed by atoms with van der Waals surface area (Å²) in [6.07, 6.45) is 1.78. The van der Waals surface area contributed by atoms with Gasteiger partial charge in [0.2, 0.25) is 0 Å². The molecule has 2 aromatic carbocycles. The fourth-order valence-electron chi connectivity index (χ4n) is 4.30. The minimum atomic E-state index is -0.547. The van der Waals surface area contributed by atoms with E-state index in [2.05, 4.69) is 4.57 Å². The number of benzene rings is 2. The van der Waals surface area contributed by atoms with Crippen LogP contribution >= 0.6 is 0 Å². The van der Waals surface area contributed by atoms with Gasteiger partial charge in [0.05, 0.1) is 31.1 Å². The minimum absolute atomic E-state index is 0.259. The van der Waals surface area contributed by atoms with Crippen molar-refractivity contribution < 1.29 is 19.1 Å². The third-order valence-corrected chi connectivity index (χ3v) is 5.89. The van der Waals surface area contributed by atoms with Crippen LogP contribution in [0.15, 0.2) is 77.5 Å². The lowest BCUT2D eigenvalue weighted by Crippen LogP contribution is -2.24. The van der Waals surface area contributed by atoms with E-state index >= 15 is 0 Å². The second kappa shape index (κ2) is 8.82. The summed E-state index contributed by atoms with van der Waals surface area (Å²) >= 11 is 0. The number of hydrogen-bond acceptors (Lipinski definition) is 4. The number of rotatable bonds is 5. The average molecular weight is 443 g/mol. The number of carbonyl (C=O) groups is 2. The molecule has 0 saturated carbocycles. The van der Waals surface area contributed by atoms with E-state index in [9.17, 15) is 9.59 Å². The molecular formula is C27H26N2O4. The lowest BCUT2D eigenvalue weighted by molar-refractivity contribution is -0.136. The summed E-state index contributed by atoms with van der Waals surface area (Å²) in [4.78, 5) is 27.8. The van der Waals surface area contributed by atoms with Gasteiger partial charge in [-0.05, 0) is 62.7 Å². The Morgan fingerprint density at radius 1 is 0.909 bits per heavy atom. The topological polar surface area (TPSA) is 60.8 Å². The molecule has 1 amide bonds. The molecule has 1 aromatic heterocycles. The first kappa shape index (κ1) is 22.1. The number of methoxy groups -OCH3 is 2. The van der Waals surface area contributed by atoms with Gasteiger partial charge in [-0.1, -0.05) is 24.3 Å². The van der Waals surface area contributed by atoms with E-state index in [1.807, 2.05) is 62.4 Å². The SMILES string of the molecule is COC(=O)C1=C(C)N(c2cccc(OC)c2)C(=O)/C1=C\c1cc(C)n(-c2ccccc2)c1C. The van der Waals surface area contributed by atoms with Gasteiger partial charge < -0.3 is 14.0 Å². The molecule has 0 spiro atoms. The minimum Gasteiger partial charge on any atom is -0.497 e. The normalized spacial score (nSPS) is 14.9. The smallest absolute Gasteiger partial charge is 0.340 e. The molecule has 6 nitrogen and oxygen atoms in total. The van der Waals surface area contributed by atoms with Gasteiger partial charge in [0, 0.05) is 28.8 Å². The molecule has 0 aliphatic carbocycles. The van der Waals surface area contributed by atoms with Crippen LogP contribution in [0.25, 0.3) is 11.8 Å². The molecule has 1 aliphatic heterocycles. The van der Waals surface area contributed by atoms with E-state index < -0.39 is 5.97 Å². The fraction of sp³-hybridized carbons (Fsp3) is 0.185. The number of amides is 1. The quantitative estimate of drug-likeness (QED) is 0.413. The van der Waals surface area contributed by atoms with Crippen molar-refractivity contribution in [2.75, 3.05) is 19.1 Å². The monoisotopic (exact) mass is 442 g/mol. The number of para-hydroxylation sites is 1. The number of aromatic nitrogens is 1. The van der Waals surface area contributed by atoms with E-state index in [1.165, 1.54) is 12.0 Å². The number of anilines is 1. The largest absolute Gasteiger partial charge is 0.497 e. The third kappa shape index (κ3) is 3.84. The molecule has 0 saturated heterocycles. The molecule has 1 aliphatic rings. The van der Waals surface area contributed by atoms with Gasteiger partial charge in [0.25, 0.3) is 5.91 Å². The molecule has 0 unspecified atom stereocenters. The molecule has 0 radical (unpaired) electrons. The molecule has 0 fully saturated rings. The van der Waals surface area contributed by atoms with E-state index in [1.54, 1.807) is 32.2 Å². The summed E-state index contributed by atoms with van der Waals surface area (Å²) in [5.74, 6) is -0.211. The van der Waals surface area contributed by atoms with Crippen molar-refractivity contribution in [2.24, 2.45) is 0 Å². The molecule has 33 heavy (non-hydrogen) atoms. The molecule has 0 bridgehead atoms. The van der Waals surface area contributed by atoms with E-state index in [4.69, 9.17) is 9.47 Å². The van der Waals surface area contributed by atoms with Crippen LogP contribution in [0.3, 0.4) is 0 Å². The van der Waals surface area contributed by atoms with Crippen LogP contribution in [0.5, 0.6) is 5.75 Å². The second-order valence-corrected chi connectivity index (χ2v) is 7.85. The Bertz CT molecular complexity index is 1300. The average Bonchev–Trinajstić information content (AvgIpc) is 3.25. The van der Waals surface area contributed by atoms with Crippen molar-refractivity contribution in [1.82, 2.24) is 4.57 Å². The standard InChI is InChI=1S/C27H26N2O4/c1-17-14-20(18(2)28(17)21-10-7-6-8-11-21)15-24-25(27(31)33-5)19(3)29(26(24)30)22-12-9-13-23(16-22)32-4/h6-16H,1-5H3/b24-15-. The van der Waals surface area contributed by atoms with Gasteiger partial charge in [0.1, 0.15) is 5.75 Å². The zero-order valence-electron chi connectivity index (χ0n) is 19.4. The summed E-state index contributed by atoms with van der Waals surface area (Å²) in [6.45, 7) is 5.76. The second-order valence-electron chi connectivity index (χ2n) is 7.85. The zero-order chi connectivity index (χ0) is 23.7.